The Labute approximate surface area is 114 Å². The summed E-state index contributed by atoms with van der Waals surface area (Å²) in [4.78, 5) is 11.9. The van der Waals surface area contributed by atoms with Gasteiger partial charge in [0.2, 0.25) is 5.91 Å². The first-order chi connectivity index (χ1) is 7.36. The average molecular weight is 353 g/mol. The fourth-order valence-electron chi connectivity index (χ4n) is 0.983. The highest BCUT2D eigenvalue weighted by Gasteiger charge is 2.25. The van der Waals surface area contributed by atoms with Crippen LogP contribution < -0.4 is 10.6 Å². The van der Waals surface area contributed by atoms with Crippen LogP contribution in [0.25, 0.3) is 0 Å². The van der Waals surface area contributed by atoms with Gasteiger partial charge in [-0.15, -0.1) is 0 Å². The van der Waals surface area contributed by atoms with Crippen LogP contribution >= 0.6 is 34.2 Å². The van der Waals surface area contributed by atoms with E-state index in [0.29, 0.717) is 5.02 Å². The van der Waals surface area contributed by atoms with Crippen LogP contribution in [-0.2, 0) is 4.79 Å². The Balaban J connectivity index is 2.85. The van der Waals surface area contributed by atoms with Crippen molar-refractivity contribution in [1.29, 1.82) is 0 Å². The lowest BCUT2D eigenvalue weighted by Crippen LogP contribution is -2.48. The molecule has 0 radical (unpaired) electrons. The lowest BCUT2D eigenvalue weighted by Gasteiger charge is -2.23. The number of anilines is 1. The van der Waals surface area contributed by atoms with E-state index < -0.39 is 5.54 Å². The summed E-state index contributed by atoms with van der Waals surface area (Å²) in [7, 11) is 1.76. The van der Waals surface area contributed by atoms with Crippen LogP contribution in [0, 0.1) is 3.57 Å². The summed E-state index contributed by atoms with van der Waals surface area (Å²) in [5.41, 5.74) is 0.182. The van der Waals surface area contributed by atoms with E-state index in [0.717, 1.165) is 9.26 Å². The summed E-state index contributed by atoms with van der Waals surface area (Å²) in [5, 5.41) is 6.47. The molecular formula is C11H14ClIN2O. The molecule has 0 heterocycles. The quantitative estimate of drug-likeness (QED) is 0.821. The molecule has 16 heavy (non-hydrogen) atoms. The van der Waals surface area contributed by atoms with E-state index in [9.17, 15) is 4.79 Å². The maximum atomic E-state index is 11.9. The van der Waals surface area contributed by atoms with Gasteiger partial charge in [-0.25, -0.2) is 0 Å². The molecule has 1 aromatic rings. The van der Waals surface area contributed by atoms with Gasteiger partial charge in [-0.2, -0.15) is 0 Å². The summed E-state index contributed by atoms with van der Waals surface area (Å²) in [6.45, 7) is 3.65. The fourth-order valence-corrected chi connectivity index (χ4v) is 1.99. The van der Waals surface area contributed by atoms with E-state index in [1.165, 1.54) is 0 Å². The zero-order valence-electron chi connectivity index (χ0n) is 9.40. The third-order valence-corrected chi connectivity index (χ3v) is 3.50. The van der Waals surface area contributed by atoms with Crippen molar-refractivity contribution in [2.75, 3.05) is 12.4 Å². The second-order valence-electron chi connectivity index (χ2n) is 3.95. The minimum atomic E-state index is -0.595. The maximum Gasteiger partial charge on any atom is 0.244 e. The normalized spacial score (nSPS) is 11.3. The zero-order valence-corrected chi connectivity index (χ0v) is 12.3. The Morgan fingerprint density at radius 1 is 1.44 bits per heavy atom. The van der Waals surface area contributed by atoms with E-state index in [-0.39, 0.29) is 5.91 Å². The van der Waals surface area contributed by atoms with Gasteiger partial charge in [-0.1, -0.05) is 11.6 Å². The van der Waals surface area contributed by atoms with Gasteiger partial charge in [0.25, 0.3) is 0 Å². The van der Waals surface area contributed by atoms with E-state index >= 15 is 0 Å². The number of likely N-dealkylation sites (N-methyl/N-ethyl adjacent to an activating group) is 1. The van der Waals surface area contributed by atoms with Crippen molar-refractivity contribution in [2.45, 2.75) is 19.4 Å². The summed E-state index contributed by atoms with van der Waals surface area (Å²) in [5.74, 6) is -0.0739. The molecule has 0 aliphatic rings. The van der Waals surface area contributed by atoms with E-state index in [2.05, 4.69) is 33.2 Å². The first-order valence-electron chi connectivity index (χ1n) is 4.82. The Kier molecular flexibility index (Phi) is 4.58. The van der Waals surface area contributed by atoms with Gasteiger partial charge < -0.3 is 10.6 Å². The summed E-state index contributed by atoms with van der Waals surface area (Å²) < 4.78 is 0.922. The number of hydrogen-bond donors (Lipinski definition) is 2. The number of amides is 1. The minimum absolute atomic E-state index is 0.0739. The molecule has 0 unspecified atom stereocenters. The average Bonchev–Trinajstić information content (AvgIpc) is 2.22. The topological polar surface area (TPSA) is 41.1 Å². The third kappa shape index (κ3) is 3.33. The van der Waals surface area contributed by atoms with Crippen molar-refractivity contribution in [1.82, 2.24) is 5.32 Å². The van der Waals surface area contributed by atoms with Gasteiger partial charge in [-0.05, 0) is 61.7 Å². The molecule has 0 saturated heterocycles. The lowest BCUT2D eigenvalue weighted by atomic mass is 10.1. The molecule has 1 aromatic carbocycles. The van der Waals surface area contributed by atoms with Gasteiger partial charge in [0.05, 0.1) is 11.2 Å². The SMILES string of the molecule is CNC(C)(C)C(=O)Nc1ccc(Cl)cc1I. The van der Waals surface area contributed by atoms with E-state index in [4.69, 9.17) is 11.6 Å². The molecule has 1 rings (SSSR count). The number of carbonyl (C=O) groups is 1. The molecule has 5 heteroatoms. The highest BCUT2D eigenvalue weighted by atomic mass is 127. The molecule has 1 amide bonds. The first-order valence-corrected chi connectivity index (χ1v) is 6.28. The Bertz CT molecular complexity index is 407. The van der Waals surface area contributed by atoms with Crippen LogP contribution in [0.1, 0.15) is 13.8 Å². The van der Waals surface area contributed by atoms with Crippen LogP contribution in [0.2, 0.25) is 5.02 Å². The monoisotopic (exact) mass is 352 g/mol. The van der Waals surface area contributed by atoms with Crippen molar-refractivity contribution in [2.24, 2.45) is 0 Å². The van der Waals surface area contributed by atoms with Gasteiger partial charge in [-0.3, -0.25) is 4.79 Å². The van der Waals surface area contributed by atoms with Gasteiger partial charge in [0, 0.05) is 8.59 Å². The second kappa shape index (κ2) is 5.33. The smallest absolute Gasteiger partial charge is 0.244 e. The molecule has 0 bridgehead atoms. The number of carbonyl (C=O) groups excluding carboxylic acids is 1. The first kappa shape index (κ1) is 13.7. The standard InChI is InChI=1S/C11H14ClIN2O/c1-11(2,14-3)10(16)15-9-5-4-7(12)6-8(9)13/h4-6,14H,1-3H3,(H,15,16). The zero-order chi connectivity index (χ0) is 12.3. The summed E-state index contributed by atoms with van der Waals surface area (Å²) in [6.07, 6.45) is 0. The lowest BCUT2D eigenvalue weighted by molar-refractivity contribution is -0.121. The molecule has 0 atom stereocenters. The van der Waals surface area contributed by atoms with Crippen LogP contribution in [-0.4, -0.2) is 18.5 Å². The highest BCUT2D eigenvalue weighted by Crippen LogP contribution is 2.23. The van der Waals surface area contributed by atoms with Crippen LogP contribution in [0.4, 0.5) is 5.69 Å². The minimum Gasteiger partial charge on any atom is -0.324 e. The molecule has 88 valence electrons. The van der Waals surface area contributed by atoms with Gasteiger partial charge in [0.15, 0.2) is 0 Å². The molecule has 0 spiro atoms. The second-order valence-corrected chi connectivity index (χ2v) is 5.55. The van der Waals surface area contributed by atoms with Crippen molar-refractivity contribution in [3.05, 3.63) is 26.8 Å². The molecular weight excluding hydrogens is 338 g/mol. The maximum absolute atomic E-state index is 11.9. The fraction of sp³-hybridized carbons (Fsp3) is 0.364. The van der Waals surface area contributed by atoms with Crippen LogP contribution in [0.15, 0.2) is 18.2 Å². The Morgan fingerprint density at radius 3 is 2.56 bits per heavy atom. The summed E-state index contributed by atoms with van der Waals surface area (Å²) >= 11 is 7.98. The molecule has 3 nitrogen and oxygen atoms in total. The van der Waals surface area contributed by atoms with E-state index in [1.807, 2.05) is 19.9 Å². The van der Waals surface area contributed by atoms with E-state index in [1.54, 1.807) is 19.2 Å². The van der Waals surface area contributed by atoms with Crippen molar-refractivity contribution < 1.29 is 4.79 Å². The highest BCUT2D eigenvalue weighted by molar-refractivity contribution is 14.1. The molecule has 0 aromatic heterocycles. The third-order valence-electron chi connectivity index (χ3n) is 2.37. The number of halogens is 2. The molecule has 0 fully saturated rings. The predicted molar refractivity (Wildman–Crippen MR) is 75.9 cm³/mol. The van der Waals surface area contributed by atoms with Crippen LogP contribution in [0.3, 0.4) is 0 Å². The Hall–Kier alpha value is -0.330. The predicted octanol–water partition coefficient (Wildman–Crippen LogP) is 2.88. The van der Waals surface area contributed by atoms with Gasteiger partial charge in [0.1, 0.15) is 0 Å². The summed E-state index contributed by atoms with van der Waals surface area (Å²) in [6, 6.07) is 5.36. The Morgan fingerprint density at radius 2 is 2.06 bits per heavy atom. The molecule has 0 aliphatic heterocycles. The molecule has 0 aliphatic carbocycles. The number of hydrogen-bond acceptors (Lipinski definition) is 2. The number of benzene rings is 1. The van der Waals surface area contributed by atoms with Crippen molar-refractivity contribution in [3.63, 3.8) is 0 Å². The molecule has 2 N–H and O–H groups in total. The number of nitrogens with one attached hydrogen (secondary N) is 2. The number of rotatable bonds is 3. The van der Waals surface area contributed by atoms with Crippen molar-refractivity contribution in [3.8, 4) is 0 Å². The van der Waals surface area contributed by atoms with Crippen molar-refractivity contribution >= 4 is 45.8 Å². The molecule has 0 saturated carbocycles. The van der Waals surface area contributed by atoms with Gasteiger partial charge >= 0.3 is 0 Å². The van der Waals surface area contributed by atoms with Crippen LogP contribution in [0.5, 0.6) is 0 Å². The largest absolute Gasteiger partial charge is 0.324 e.